The van der Waals surface area contributed by atoms with Crippen molar-refractivity contribution in [2.75, 3.05) is 50.1 Å². The SMILES string of the molecule is CN(C)c1ccc(-c2ccc3c(CCCN4CCS(=O)(=O)CC4)cn(-c4ccccc4)c3n2)cc1F. The van der Waals surface area contributed by atoms with Gasteiger partial charge in [-0.2, -0.15) is 0 Å². The molecule has 0 atom stereocenters. The highest BCUT2D eigenvalue weighted by molar-refractivity contribution is 7.91. The van der Waals surface area contributed by atoms with Crippen LogP contribution in [0.5, 0.6) is 0 Å². The van der Waals surface area contributed by atoms with Crippen LogP contribution in [0.25, 0.3) is 28.0 Å². The van der Waals surface area contributed by atoms with Gasteiger partial charge in [-0.25, -0.2) is 17.8 Å². The number of benzene rings is 2. The van der Waals surface area contributed by atoms with E-state index in [9.17, 15) is 12.8 Å². The third-order valence-electron chi connectivity index (χ3n) is 6.85. The summed E-state index contributed by atoms with van der Waals surface area (Å²) >= 11 is 0. The van der Waals surface area contributed by atoms with Crippen LogP contribution in [0.4, 0.5) is 10.1 Å². The number of pyridine rings is 1. The third kappa shape index (κ3) is 5.15. The standard InChI is InChI=1S/C28H31FN4O2S/c1-31(2)27-13-10-21(19-25(27)29)26-12-11-24-22(7-6-14-32-15-17-36(34,35)18-16-32)20-33(28(24)30-26)23-8-4-3-5-9-23/h3-5,8-13,19-20H,6-7,14-18H2,1-2H3. The van der Waals surface area contributed by atoms with Crippen molar-refractivity contribution in [3.8, 4) is 16.9 Å². The van der Waals surface area contributed by atoms with Crippen LogP contribution in [-0.2, 0) is 16.3 Å². The van der Waals surface area contributed by atoms with Crippen LogP contribution in [0.3, 0.4) is 0 Å². The number of hydrogen-bond acceptors (Lipinski definition) is 5. The van der Waals surface area contributed by atoms with Crippen molar-refractivity contribution >= 4 is 26.6 Å². The minimum Gasteiger partial charge on any atom is -0.375 e. The molecule has 2 aromatic carbocycles. The molecular formula is C28H31FN4O2S. The molecule has 0 amide bonds. The highest BCUT2D eigenvalue weighted by Crippen LogP contribution is 2.30. The molecule has 0 saturated carbocycles. The number of halogens is 1. The largest absolute Gasteiger partial charge is 0.375 e. The highest BCUT2D eigenvalue weighted by atomic mass is 32.2. The zero-order chi connectivity index (χ0) is 25.3. The lowest BCUT2D eigenvalue weighted by Gasteiger charge is -2.26. The van der Waals surface area contributed by atoms with E-state index in [1.807, 2.05) is 44.4 Å². The van der Waals surface area contributed by atoms with Crippen molar-refractivity contribution in [2.45, 2.75) is 12.8 Å². The van der Waals surface area contributed by atoms with Crippen LogP contribution in [0.1, 0.15) is 12.0 Å². The van der Waals surface area contributed by atoms with Gasteiger partial charge < -0.3 is 14.4 Å². The lowest BCUT2D eigenvalue weighted by molar-refractivity contribution is 0.292. The number of para-hydroxylation sites is 1. The van der Waals surface area contributed by atoms with Crippen molar-refractivity contribution in [1.29, 1.82) is 0 Å². The Morgan fingerprint density at radius 3 is 2.44 bits per heavy atom. The van der Waals surface area contributed by atoms with E-state index in [2.05, 4.69) is 33.9 Å². The van der Waals surface area contributed by atoms with Crippen LogP contribution in [-0.4, -0.2) is 68.1 Å². The summed E-state index contributed by atoms with van der Waals surface area (Å²) in [6.07, 6.45) is 3.95. The molecule has 0 N–H and O–H groups in total. The van der Waals surface area contributed by atoms with Gasteiger partial charge in [-0.05, 0) is 61.3 Å². The van der Waals surface area contributed by atoms with Gasteiger partial charge >= 0.3 is 0 Å². The maximum absolute atomic E-state index is 14.7. The second-order valence-corrected chi connectivity index (χ2v) is 11.9. The molecule has 188 valence electrons. The lowest BCUT2D eigenvalue weighted by Crippen LogP contribution is -2.40. The Balaban J connectivity index is 1.44. The first kappa shape index (κ1) is 24.5. The molecule has 3 heterocycles. The van der Waals surface area contributed by atoms with E-state index in [1.165, 1.54) is 5.56 Å². The van der Waals surface area contributed by atoms with Crippen LogP contribution in [0, 0.1) is 5.82 Å². The molecule has 6 nitrogen and oxygen atoms in total. The first-order chi connectivity index (χ1) is 17.3. The molecular weight excluding hydrogens is 475 g/mol. The van der Waals surface area contributed by atoms with E-state index in [4.69, 9.17) is 4.98 Å². The zero-order valence-electron chi connectivity index (χ0n) is 20.7. The van der Waals surface area contributed by atoms with E-state index in [-0.39, 0.29) is 17.3 Å². The van der Waals surface area contributed by atoms with Crippen LogP contribution in [0.2, 0.25) is 0 Å². The third-order valence-corrected chi connectivity index (χ3v) is 8.46. The van der Waals surface area contributed by atoms with E-state index in [0.717, 1.165) is 47.4 Å². The number of sulfone groups is 1. The van der Waals surface area contributed by atoms with Gasteiger partial charge in [0.05, 0.1) is 22.9 Å². The molecule has 0 unspecified atom stereocenters. The Hall–Kier alpha value is -3.23. The topological polar surface area (TPSA) is 58.4 Å². The van der Waals surface area contributed by atoms with Gasteiger partial charge in [0.25, 0.3) is 0 Å². The average Bonchev–Trinajstić information content (AvgIpc) is 3.23. The summed E-state index contributed by atoms with van der Waals surface area (Å²) in [5, 5.41) is 1.08. The molecule has 1 aliphatic heterocycles. The highest BCUT2D eigenvalue weighted by Gasteiger charge is 2.21. The van der Waals surface area contributed by atoms with Gasteiger partial charge in [-0.15, -0.1) is 0 Å². The molecule has 0 radical (unpaired) electrons. The Morgan fingerprint density at radius 2 is 1.75 bits per heavy atom. The summed E-state index contributed by atoms with van der Waals surface area (Å²) in [5.41, 5.74) is 5.07. The van der Waals surface area contributed by atoms with Crippen molar-refractivity contribution < 1.29 is 12.8 Å². The summed E-state index contributed by atoms with van der Waals surface area (Å²) < 4.78 is 40.2. The summed E-state index contributed by atoms with van der Waals surface area (Å²) in [7, 11) is 0.782. The van der Waals surface area contributed by atoms with Crippen LogP contribution >= 0.6 is 0 Å². The molecule has 2 aromatic heterocycles. The molecule has 0 bridgehead atoms. The lowest BCUT2D eigenvalue weighted by atomic mass is 10.1. The fourth-order valence-corrected chi connectivity index (χ4v) is 6.09. The van der Waals surface area contributed by atoms with E-state index < -0.39 is 9.84 Å². The number of rotatable bonds is 7. The molecule has 1 saturated heterocycles. The fourth-order valence-electron chi connectivity index (χ4n) is 4.81. The molecule has 0 spiro atoms. The number of aryl methyl sites for hydroxylation is 1. The van der Waals surface area contributed by atoms with E-state index in [0.29, 0.717) is 18.8 Å². The van der Waals surface area contributed by atoms with Crippen molar-refractivity contribution in [3.63, 3.8) is 0 Å². The van der Waals surface area contributed by atoms with Gasteiger partial charge in [0, 0.05) is 50.0 Å². The maximum atomic E-state index is 14.7. The summed E-state index contributed by atoms with van der Waals surface area (Å²) in [5.74, 6) is 0.232. The molecule has 8 heteroatoms. The molecule has 4 aromatic rings. The number of anilines is 1. The zero-order valence-corrected chi connectivity index (χ0v) is 21.5. The fraction of sp³-hybridized carbons (Fsp3) is 0.321. The van der Waals surface area contributed by atoms with Gasteiger partial charge in [0.15, 0.2) is 9.84 Å². The number of hydrogen-bond donors (Lipinski definition) is 0. The van der Waals surface area contributed by atoms with E-state index in [1.54, 1.807) is 17.0 Å². The number of nitrogens with zero attached hydrogens (tertiary/aromatic N) is 4. The minimum absolute atomic E-state index is 0.253. The molecule has 1 aliphatic rings. The number of fused-ring (bicyclic) bond motifs is 1. The molecule has 36 heavy (non-hydrogen) atoms. The molecule has 0 aliphatic carbocycles. The van der Waals surface area contributed by atoms with Gasteiger partial charge in [0.2, 0.25) is 0 Å². The van der Waals surface area contributed by atoms with Crippen LogP contribution < -0.4 is 4.90 Å². The van der Waals surface area contributed by atoms with Crippen molar-refractivity contribution in [3.05, 3.63) is 78.2 Å². The quantitative estimate of drug-likeness (QED) is 0.368. The first-order valence-corrected chi connectivity index (χ1v) is 14.1. The summed E-state index contributed by atoms with van der Waals surface area (Å²) in [6, 6.07) is 19.4. The van der Waals surface area contributed by atoms with Gasteiger partial charge in [-0.1, -0.05) is 24.3 Å². The van der Waals surface area contributed by atoms with E-state index >= 15 is 0 Å². The van der Waals surface area contributed by atoms with Crippen molar-refractivity contribution in [1.82, 2.24) is 14.5 Å². The first-order valence-electron chi connectivity index (χ1n) is 12.3. The summed E-state index contributed by atoms with van der Waals surface area (Å²) in [6.45, 7) is 2.10. The smallest absolute Gasteiger partial charge is 0.152 e. The number of aromatic nitrogens is 2. The Morgan fingerprint density at radius 1 is 1.00 bits per heavy atom. The van der Waals surface area contributed by atoms with Gasteiger partial charge in [0.1, 0.15) is 11.5 Å². The molecule has 5 rings (SSSR count). The Bertz CT molecular complexity index is 1470. The monoisotopic (exact) mass is 506 g/mol. The predicted molar refractivity (Wildman–Crippen MR) is 144 cm³/mol. The van der Waals surface area contributed by atoms with Gasteiger partial charge in [-0.3, -0.25) is 0 Å². The maximum Gasteiger partial charge on any atom is 0.152 e. The minimum atomic E-state index is -2.86. The normalized spacial score (nSPS) is 15.9. The molecule has 1 fully saturated rings. The summed E-state index contributed by atoms with van der Waals surface area (Å²) in [4.78, 5) is 8.97. The predicted octanol–water partition coefficient (Wildman–Crippen LogP) is 4.56. The second kappa shape index (κ2) is 10.0. The van der Waals surface area contributed by atoms with Crippen molar-refractivity contribution in [2.24, 2.45) is 0 Å². The Kier molecular flexibility index (Phi) is 6.81. The van der Waals surface area contributed by atoms with Crippen LogP contribution in [0.15, 0.2) is 66.9 Å². The average molecular weight is 507 g/mol. The second-order valence-electron chi connectivity index (χ2n) is 9.59. The Labute approximate surface area is 211 Å².